The second-order valence-corrected chi connectivity index (χ2v) is 15.7. The van der Waals surface area contributed by atoms with Gasteiger partial charge in [0.2, 0.25) is 0 Å². The van der Waals surface area contributed by atoms with Gasteiger partial charge >= 0.3 is 0 Å². The highest BCUT2D eigenvalue weighted by molar-refractivity contribution is 14.1. The van der Waals surface area contributed by atoms with E-state index in [0.29, 0.717) is 22.9 Å². The first kappa shape index (κ1) is 30.6. The minimum atomic E-state index is 0.233. The standard InChI is InChI=1S/C29H56I2N2/c1-5-9-17-26(19-13-15-24(32)28(26,30)21-11-7-3)23-27(18-10-6-2)20-14-16-25(33)29(27,31)22-12-8-4/h24-25H,5-23,32-33H2,1-4H3. The van der Waals surface area contributed by atoms with E-state index >= 15 is 0 Å². The van der Waals surface area contributed by atoms with Gasteiger partial charge in [0, 0.05) is 18.9 Å². The smallest absolute Gasteiger partial charge is 0.0429 e. The zero-order valence-corrected chi connectivity index (χ0v) is 26.8. The van der Waals surface area contributed by atoms with Crippen LogP contribution in [0.15, 0.2) is 0 Å². The molecule has 0 heterocycles. The molecule has 4 N–H and O–H groups in total. The number of halogens is 2. The van der Waals surface area contributed by atoms with Crippen LogP contribution in [0.4, 0.5) is 0 Å². The highest BCUT2D eigenvalue weighted by atomic mass is 127. The zero-order chi connectivity index (χ0) is 24.6. The molecule has 0 aromatic carbocycles. The Labute approximate surface area is 234 Å². The van der Waals surface area contributed by atoms with Crippen molar-refractivity contribution in [2.24, 2.45) is 22.3 Å². The van der Waals surface area contributed by atoms with Crippen molar-refractivity contribution in [1.29, 1.82) is 0 Å². The SMILES string of the molecule is CCCCC1(CC2(CCCC)CCCC(N)C2(I)CCCC)CCCC(N)C1(I)CCCC. The summed E-state index contributed by atoms with van der Waals surface area (Å²) in [6.45, 7) is 9.46. The maximum absolute atomic E-state index is 7.09. The van der Waals surface area contributed by atoms with Gasteiger partial charge < -0.3 is 11.5 Å². The lowest BCUT2D eigenvalue weighted by Gasteiger charge is -2.63. The molecule has 0 spiro atoms. The normalized spacial score (nSPS) is 39.6. The number of hydrogen-bond donors (Lipinski definition) is 2. The van der Waals surface area contributed by atoms with E-state index < -0.39 is 0 Å². The van der Waals surface area contributed by atoms with Crippen molar-refractivity contribution in [1.82, 2.24) is 0 Å². The predicted octanol–water partition coefficient (Wildman–Crippen LogP) is 9.48. The fourth-order valence-corrected chi connectivity index (χ4v) is 10.6. The zero-order valence-electron chi connectivity index (χ0n) is 22.5. The average Bonchev–Trinajstić information content (AvgIpc) is 2.80. The van der Waals surface area contributed by atoms with E-state index in [0.717, 1.165) is 0 Å². The van der Waals surface area contributed by atoms with E-state index in [1.165, 1.54) is 122 Å². The maximum Gasteiger partial charge on any atom is 0.0429 e. The highest BCUT2D eigenvalue weighted by Crippen LogP contribution is 2.66. The molecular weight excluding hydrogens is 630 g/mol. The van der Waals surface area contributed by atoms with Gasteiger partial charge in [-0.1, -0.05) is 137 Å². The largest absolute Gasteiger partial charge is 0.326 e. The van der Waals surface area contributed by atoms with Crippen molar-refractivity contribution in [3.8, 4) is 0 Å². The first-order chi connectivity index (χ1) is 15.7. The molecule has 0 amide bonds. The molecule has 0 aromatic heterocycles. The van der Waals surface area contributed by atoms with Crippen LogP contribution in [0.2, 0.25) is 0 Å². The van der Waals surface area contributed by atoms with Crippen LogP contribution < -0.4 is 11.5 Å². The van der Waals surface area contributed by atoms with Crippen LogP contribution in [0.5, 0.6) is 0 Å². The Balaban J connectivity index is 2.60. The van der Waals surface area contributed by atoms with Gasteiger partial charge in [0.1, 0.15) is 0 Å². The second kappa shape index (κ2) is 13.8. The molecule has 2 rings (SSSR count). The first-order valence-corrected chi connectivity index (χ1v) is 16.8. The summed E-state index contributed by atoms with van der Waals surface area (Å²) in [6, 6.07) is 0.685. The monoisotopic (exact) mass is 686 g/mol. The van der Waals surface area contributed by atoms with Crippen LogP contribution in [-0.4, -0.2) is 18.9 Å². The number of rotatable bonds is 14. The molecule has 2 aliphatic rings. The lowest BCUT2D eigenvalue weighted by molar-refractivity contribution is -0.0163. The number of hydrogen-bond acceptors (Lipinski definition) is 2. The van der Waals surface area contributed by atoms with Crippen molar-refractivity contribution < 1.29 is 0 Å². The molecular formula is C29H56I2N2. The Bertz CT molecular complexity index is 524. The van der Waals surface area contributed by atoms with Crippen molar-refractivity contribution in [2.75, 3.05) is 0 Å². The highest BCUT2D eigenvalue weighted by Gasteiger charge is 2.61. The van der Waals surface area contributed by atoms with E-state index in [-0.39, 0.29) is 6.84 Å². The fraction of sp³-hybridized carbons (Fsp3) is 1.00. The Morgan fingerprint density at radius 2 is 0.939 bits per heavy atom. The molecule has 2 fully saturated rings. The van der Waals surface area contributed by atoms with Crippen LogP contribution in [0.25, 0.3) is 0 Å². The van der Waals surface area contributed by atoms with Gasteiger partial charge in [-0.25, -0.2) is 0 Å². The molecule has 0 saturated heterocycles. The molecule has 4 heteroatoms. The van der Waals surface area contributed by atoms with Gasteiger partial charge in [-0.15, -0.1) is 0 Å². The first-order valence-electron chi connectivity index (χ1n) is 14.6. The Hall–Kier alpha value is 1.38. The van der Waals surface area contributed by atoms with E-state index in [1.807, 2.05) is 0 Å². The number of nitrogens with two attached hydrogens (primary N) is 2. The average molecular weight is 687 g/mol. The minimum absolute atomic E-state index is 0.233. The molecule has 6 atom stereocenters. The fourth-order valence-electron chi connectivity index (χ4n) is 7.74. The molecule has 0 radical (unpaired) electrons. The molecule has 0 bridgehead atoms. The molecule has 6 unspecified atom stereocenters. The summed E-state index contributed by atoms with van der Waals surface area (Å²) < 4.78 is 0.467. The van der Waals surface area contributed by atoms with Gasteiger partial charge in [-0.3, -0.25) is 0 Å². The molecule has 2 nitrogen and oxygen atoms in total. The number of alkyl halides is 2. The van der Waals surface area contributed by atoms with E-state index in [2.05, 4.69) is 72.9 Å². The van der Waals surface area contributed by atoms with Crippen LogP contribution >= 0.6 is 45.2 Å². The molecule has 2 saturated carbocycles. The summed E-state index contributed by atoms with van der Waals surface area (Å²) in [7, 11) is 0. The van der Waals surface area contributed by atoms with Crippen LogP contribution in [0, 0.1) is 10.8 Å². The topological polar surface area (TPSA) is 52.0 Å². The third kappa shape index (κ3) is 6.45. The van der Waals surface area contributed by atoms with Crippen molar-refractivity contribution in [3.05, 3.63) is 0 Å². The predicted molar refractivity (Wildman–Crippen MR) is 165 cm³/mol. The Morgan fingerprint density at radius 3 is 1.27 bits per heavy atom. The van der Waals surface area contributed by atoms with Gasteiger partial charge in [-0.05, 0) is 68.6 Å². The summed E-state index contributed by atoms with van der Waals surface area (Å²) in [4.78, 5) is 0. The third-order valence-electron chi connectivity index (χ3n) is 9.76. The van der Waals surface area contributed by atoms with Crippen LogP contribution in [0.3, 0.4) is 0 Å². The summed E-state index contributed by atoms with van der Waals surface area (Å²) in [5.74, 6) is 0. The van der Waals surface area contributed by atoms with E-state index in [9.17, 15) is 0 Å². The van der Waals surface area contributed by atoms with Gasteiger partial charge in [0.25, 0.3) is 0 Å². The van der Waals surface area contributed by atoms with Gasteiger partial charge in [0.05, 0.1) is 0 Å². The molecule has 2 aliphatic carbocycles. The summed E-state index contributed by atoms with van der Waals surface area (Å²) in [6.07, 6.45) is 25.0. The van der Waals surface area contributed by atoms with Crippen molar-refractivity contribution >= 4 is 45.2 Å². The second-order valence-electron chi connectivity index (χ2n) is 11.9. The van der Waals surface area contributed by atoms with E-state index in [4.69, 9.17) is 11.5 Å². The molecule has 196 valence electrons. The summed E-state index contributed by atoms with van der Waals surface area (Å²) in [5.41, 5.74) is 14.9. The van der Waals surface area contributed by atoms with Crippen molar-refractivity contribution in [2.45, 2.75) is 169 Å². The van der Waals surface area contributed by atoms with Gasteiger partial charge in [0.15, 0.2) is 0 Å². The number of unbranched alkanes of at least 4 members (excludes halogenated alkanes) is 4. The molecule has 0 aromatic rings. The summed E-state index contributed by atoms with van der Waals surface area (Å²) in [5, 5.41) is 0. The van der Waals surface area contributed by atoms with E-state index in [1.54, 1.807) is 0 Å². The quantitative estimate of drug-likeness (QED) is 0.141. The lowest BCUT2D eigenvalue weighted by Crippen LogP contribution is -2.64. The lowest BCUT2D eigenvalue weighted by atomic mass is 9.49. The molecule has 33 heavy (non-hydrogen) atoms. The Morgan fingerprint density at radius 1 is 0.606 bits per heavy atom. The van der Waals surface area contributed by atoms with Gasteiger partial charge in [-0.2, -0.15) is 0 Å². The van der Waals surface area contributed by atoms with Crippen LogP contribution in [-0.2, 0) is 0 Å². The van der Waals surface area contributed by atoms with Crippen molar-refractivity contribution in [3.63, 3.8) is 0 Å². The minimum Gasteiger partial charge on any atom is -0.326 e. The Kier molecular flexibility index (Phi) is 12.8. The summed E-state index contributed by atoms with van der Waals surface area (Å²) >= 11 is 5.84. The third-order valence-corrected chi connectivity index (χ3v) is 14.7. The molecule has 0 aliphatic heterocycles. The van der Waals surface area contributed by atoms with Crippen LogP contribution in [0.1, 0.15) is 150 Å². The maximum atomic E-state index is 7.09.